The quantitative estimate of drug-likeness (QED) is 0.904. The summed E-state index contributed by atoms with van der Waals surface area (Å²) in [6.07, 6.45) is 0.0267. The summed E-state index contributed by atoms with van der Waals surface area (Å²) in [6, 6.07) is 4.55. The maximum absolute atomic E-state index is 13.1. The Bertz CT molecular complexity index is 376. The molecule has 1 nitrogen and oxygen atoms in total. The lowest BCUT2D eigenvalue weighted by molar-refractivity contribution is 0.199. The lowest BCUT2D eigenvalue weighted by atomic mass is 10.1. The van der Waals surface area contributed by atoms with Crippen molar-refractivity contribution in [2.24, 2.45) is 0 Å². The Morgan fingerprint density at radius 1 is 1.41 bits per heavy atom. The fourth-order valence-corrected chi connectivity index (χ4v) is 2.58. The molecule has 1 rings (SSSR count). The Balaban J connectivity index is 2.56. The van der Waals surface area contributed by atoms with Crippen LogP contribution in [0.5, 0.6) is 0 Å². The fraction of sp³-hybridized carbons (Fsp3) is 0.538. The van der Waals surface area contributed by atoms with Crippen LogP contribution in [0.15, 0.2) is 22.7 Å². The van der Waals surface area contributed by atoms with Crippen LogP contribution in [0, 0.1) is 5.82 Å². The summed E-state index contributed by atoms with van der Waals surface area (Å²) in [5, 5.41) is 9.92. The molecule has 1 N–H and O–H groups in total. The van der Waals surface area contributed by atoms with E-state index in [1.165, 1.54) is 12.1 Å². The van der Waals surface area contributed by atoms with Gasteiger partial charge in [0, 0.05) is 21.4 Å². The van der Waals surface area contributed by atoms with Gasteiger partial charge in [-0.25, -0.2) is 4.39 Å². The zero-order valence-electron chi connectivity index (χ0n) is 10.3. The topological polar surface area (TPSA) is 20.2 Å². The standard InChI is InChI=1S/C13H18BrFOS/c1-13(2,3)17-8-11(16)7-9-6-10(15)4-5-12(9)14/h4-6,11,16H,7-8H2,1-3H3. The minimum Gasteiger partial charge on any atom is -0.392 e. The van der Waals surface area contributed by atoms with Crippen LogP contribution < -0.4 is 0 Å². The van der Waals surface area contributed by atoms with E-state index in [9.17, 15) is 9.50 Å². The molecule has 0 aromatic heterocycles. The van der Waals surface area contributed by atoms with Crippen LogP contribution in [0.4, 0.5) is 4.39 Å². The van der Waals surface area contributed by atoms with Gasteiger partial charge in [-0.05, 0) is 23.8 Å². The highest BCUT2D eigenvalue weighted by Gasteiger charge is 2.15. The molecule has 0 fully saturated rings. The van der Waals surface area contributed by atoms with E-state index in [4.69, 9.17) is 0 Å². The molecule has 0 aliphatic rings. The highest BCUT2D eigenvalue weighted by molar-refractivity contribution is 9.10. The highest BCUT2D eigenvalue weighted by atomic mass is 79.9. The molecular weight excluding hydrogens is 303 g/mol. The third kappa shape index (κ3) is 5.89. The molecule has 0 saturated carbocycles. The van der Waals surface area contributed by atoms with Gasteiger partial charge in [0.15, 0.2) is 0 Å². The van der Waals surface area contributed by atoms with Gasteiger partial charge in [-0.1, -0.05) is 36.7 Å². The minimum absolute atomic E-state index is 0.139. The van der Waals surface area contributed by atoms with Crippen molar-refractivity contribution in [1.29, 1.82) is 0 Å². The Kier molecular flexibility index (Phi) is 5.48. The molecule has 0 saturated heterocycles. The Labute approximate surface area is 115 Å². The first-order chi connectivity index (χ1) is 7.78. The van der Waals surface area contributed by atoms with Gasteiger partial charge in [0.05, 0.1) is 6.10 Å². The monoisotopic (exact) mass is 320 g/mol. The highest BCUT2D eigenvalue weighted by Crippen LogP contribution is 2.26. The number of rotatable bonds is 4. The Morgan fingerprint density at radius 2 is 2.06 bits per heavy atom. The number of aliphatic hydroxyl groups excluding tert-OH is 1. The molecule has 0 aliphatic heterocycles. The van der Waals surface area contributed by atoms with Crippen LogP contribution in [0.2, 0.25) is 0 Å². The summed E-state index contributed by atoms with van der Waals surface area (Å²) in [7, 11) is 0. The third-order valence-corrected chi connectivity index (χ3v) is 4.36. The zero-order valence-corrected chi connectivity index (χ0v) is 12.7. The van der Waals surface area contributed by atoms with E-state index in [1.807, 2.05) is 0 Å². The molecular formula is C13H18BrFOS. The Hall–Kier alpha value is -0.0600. The summed E-state index contributed by atoms with van der Waals surface area (Å²) in [5.74, 6) is 0.394. The molecule has 1 aromatic carbocycles. The minimum atomic E-state index is -0.447. The molecule has 96 valence electrons. The SMILES string of the molecule is CC(C)(C)SCC(O)Cc1cc(F)ccc1Br. The molecule has 17 heavy (non-hydrogen) atoms. The summed E-state index contributed by atoms with van der Waals surface area (Å²) in [6.45, 7) is 6.34. The number of hydrogen-bond donors (Lipinski definition) is 1. The van der Waals surface area contributed by atoms with Gasteiger partial charge in [-0.2, -0.15) is 11.8 Å². The largest absolute Gasteiger partial charge is 0.392 e. The van der Waals surface area contributed by atoms with E-state index < -0.39 is 6.10 Å². The van der Waals surface area contributed by atoms with Gasteiger partial charge < -0.3 is 5.11 Å². The number of halogens is 2. The summed E-state index contributed by atoms with van der Waals surface area (Å²) in [5.41, 5.74) is 0.812. The number of hydrogen-bond acceptors (Lipinski definition) is 2. The van der Waals surface area contributed by atoms with Crippen molar-refractivity contribution in [3.8, 4) is 0 Å². The molecule has 1 unspecified atom stereocenters. The number of thioether (sulfide) groups is 1. The molecule has 0 radical (unpaired) electrons. The van der Waals surface area contributed by atoms with E-state index in [2.05, 4.69) is 36.7 Å². The fourth-order valence-electron chi connectivity index (χ4n) is 1.36. The normalized spacial score (nSPS) is 13.8. The number of benzene rings is 1. The van der Waals surface area contributed by atoms with Crippen LogP contribution in [0.25, 0.3) is 0 Å². The van der Waals surface area contributed by atoms with Crippen LogP contribution in [-0.2, 0) is 6.42 Å². The van der Waals surface area contributed by atoms with Crippen LogP contribution in [0.1, 0.15) is 26.3 Å². The summed E-state index contributed by atoms with van der Waals surface area (Å²) in [4.78, 5) is 0. The van der Waals surface area contributed by atoms with Gasteiger partial charge in [0.1, 0.15) is 5.82 Å². The van der Waals surface area contributed by atoms with Gasteiger partial charge in [0.25, 0.3) is 0 Å². The smallest absolute Gasteiger partial charge is 0.123 e. The molecule has 0 heterocycles. The van der Waals surface area contributed by atoms with Crippen LogP contribution in [-0.4, -0.2) is 21.7 Å². The van der Waals surface area contributed by atoms with Crippen molar-refractivity contribution in [3.05, 3.63) is 34.1 Å². The van der Waals surface area contributed by atoms with Gasteiger partial charge in [-0.3, -0.25) is 0 Å². The third-order valence-electron chi connectivity index (χ3n) is 2.17. The van der Waals surface area contributed by atoms with E-state index in [-0.39, 0.29) is 10.6 Å². The predicted octanol–water partition coefficient (Wildman–Crippen LogP) is 4.02. The summed E-state index contributed by atoms with van der Waals surface area (Å²) >= 11 is 5.08. The maximum Gasteiger partial charge on any atom is 0.123 e. The van der Waals surface area contributed by atoms with Crippen molar-refractivity contribution in [1.82, 2.24) is 0 Å². The molecule has 0 spiro atoms. The first kappa shape index (κ1) is 15.0. The molecule has 0 aliphatic carbocycles. The molecule has 0 amide bonds. The Morgan fingerprint density at radius 3 is 2.65 bits per heavy atom. The lowest BCUT2D eigenvalue weighted by Crippen LogP contribution is -2.19. The van der Waals surface area contributed by atoms with Crippen molar-refractivity contribution in [3.63, 3.8) is 0 Å². The van der Waals surface area contributed by atoms with Gasteiger partial charge in [0.2, 0.25) is 0 Å². The second-order valence-corrected chi connectivity index (χ2v) is 7.72. The van der Waals surface area contributed by atoms with Crippen LogP contribution >= 0.6 is 27.7 Å². The average molecular weight is 321 g/mol. The van der Waals surface area contributed by atoms with Crippen molar-refractivity contribution >= 4 is 27.7 Å². The molecule has 1 aromatic rings. The maximum atomic E-state index is 13.1. The van der Waals surface area contributed by atoms with E-state index in [0.29, 0.717) is 12.2 Å². The molecule has 1 atom stereocenters. The van der Waals surface area contributed by atoms with Crippen LogP contribution in [0.3, 0.4) is 0 Å². The van der Waals surface area contributed by atoms with E-state index in [1.54, 1.807) is 17.8 Å². The zero-order chi connectivity index (χ0) is 13.1. The first-order valence-electron chi connectivity index (χ1n) is 5.54. The van der Waals surface area contributed by atoms with Crippen molar-refractivity contribution in [2.75, 3.05) is 5.75 Å². The lowest BCUT2D eigenvalue weighted by Gasteiger charge is -2.20. The second kappa shape index (κ2) is 6.21. The first-order valence-corrected chi connectivity index (χ1v) is 7.32. The number of aliphatic hydroxyl groups is 1. The van der Waals surface area contributed by atoms with Crippen molar-refractivity contribution in [2.45, 2.75) is 38.0 Å². The predicted molar refractivity (Wildman–Crippen MR) is 76.0 cm³/mol. The van der Waals surface area contributed by atoms with E-state index in [0.717, 1.165) is 10.0 Å². The van der Waals surface area contributed by atoms with E-state index >= 15 is 0 Å². The summed E-state index contributed by atoms with van der Waals surface area (Å²) < 4.78 is 14.1. The van der Waals surface area contributed by atoms with Crippen molar-refractivity contribution < 1.29 is 9.50 Å². The second-order valence-electron chi connectivity index (χ2n) is 5.02. The van der Waals surface area contributed by atoms with Gasteiger partial charge in [-0.15, -0.1) is 0 Å². The molecule has 4 heteroatoms. The molecule has 0 bridgehead atoms. The van der Waals surface area contributed by atoms with Gasteiger partial charge >= 0.3 is 0 Å². The average Bonchev–Trinajstić information content (AvgIpc) is 2.20.